The zero-order valence-corrected chi connectivity index (χ0v) is 8.26. The smallest absolute Gasteiger partial charge is 0.318 e. The normalized spacial score (nSPS) is 9.50. The summed E-state index contributed by atoms with van der Waals surface area (Å²) in [5.41, 5.74) is 5.43. The van der Waals surface area contributed by atoms with Gasteiger partial charge in [-0.15, -0.1) is 11.3 Å². The average molecular weight is 215 g/mol. The fraction of sp³-hybridized carbons (Fsp3) is 0.286. The van der Waals surface area contributed by atoms with Crippen molar-refractivity contribution in [3.8, 4) is 0 Å². The number of hydrogen-bond donors (Lipinski definition) is 2. The predicted molar refractivity (Wildman–Crippen MR) is 51.0 cm³/mol. The van der Waals surface area contributed by atoms with Crippen molar-refractivity contribution in [2.45, 2.75) is 6.42 Å². The van der Waals surface area contributed by atoms with Gasteiger partial charge in [0, 0.05) is 5.38 Å². The molecule has 0 radical (unpaired) electrons. The van der Waals surface area contributed by atoms with E-state index in [9.17, 15) is 9.59 Å². The maximum atomic E-state index is 10.8. The van der Waals surface area contributed by atoms with Gasteiger partial charge in [0.2, 0.25) is 0 Å². The number of urea groups is 1. The van der Waals surface area contributed by atoms with Gasteiger partial charge in [-0.05, 0) is 0 Å². The summed E-state index contributed by atoms with van der Waals surface area (Å²) in [5.74, 6) is -0.374. The molecule has 1 rings (SSSR count). The van der Waals surface area contributed by atoms with Gasteiger partial charge in [0.1, 0.15) is 0 Å². The second kappa shape index (κ2) is 4.56. The number of esters is 1. The van der Waals surface area contributed by atoms with E-state index in [2.05, 4.69) is 15.0 Å². The maximum absolute atomic E-state index is 10.8. The van der Waals surface area contributed by atoms with Crippen LogP contribution in [0.15, 0.2) is 5.38 Å². The average Bonchev–Trinajstić information content (AvgIpc) is 2.51. The minimum atomic E-state index is -0.677. The van der Waals surface area contributed by atoms with Gasteiger partial charge >= 0.3 is 12.0 Å². The molecule has 2 amide bonds. The van der Waals surface area contributed by atoms with Crippen LogP contribution in [-0.2, 0) is 16.0 Å². The number of amides is 2. The quantitative estimate of drug-likeness (QED) is 0.711. The summed E-state index contributed by atoms with van der Waals surface area (Å²) in [5, 5.41) is 4.34. The molecule has 0 fully saturated rings. The van der Waals surface area contributed by atoms with E-state index in [1.807, 2.05) is 0 Å². The zero-order valence-electron chi connectivity index (χ0n) is 7.44. The summed E-state index contributed by atoms with van der Waals surface area (Å²) in [4.78, 5) is 25.2. The van der Waals surface area contributed by atoms with Crippen molar-refractivity contribution in [3.05, 3.63) is 11.1 Å². The van der Waals surface area contributed by atoms with Crippen molar-refractivity contribution in [3.63, 3.8) is 0 Å². The molecule has 0 spiro atoms. The third kappa shape index (κ3) is 3.02. The number of hydrogen-bond acceptors (Lipinski definition) is 5. The lowest BCUT2D eigenvalue weighted by Gasteiger charge is -1.95. The van der Waals surface area contributed by atoms with Crippen molar-refractivity contribution < 1.29 is 14.3 Å². The van der Waals surface area contributed by atoms with Crippen molar-refractivity contribution in [1.29, 1.82) is 0 Å². The van der Waals surface area contributed by atoms with E-state index in [4.69, 9.17) is 5.73 Å². The van der Waals surface area contributed by atoms with E-state index in [1.165, 1.54) is 18.4 Å². The first-order valence-electron chi connectivity index (χ1n) is 3.69. The Kier molecular flexibility index (Phi) is 3.41. The van der Waals surface area contributed by atoms with Crippen LogP contribution < -0.4 is 11.1 Å². The maximum Gasteiger partial charge on any atom is 0.318 e. The van der Waals surface area contributed by atoms with Gasteiger partial charge in [-0.2, -0.15) is 0 Å². The Hall–Kier alpha value is -1.63. The van der Waals surface area contributed by atoms with Crippen LogP contribution in [0.1, 0.15) is 5.69 Å². The SMILES string of the molecule is COC(=O)Cc1csc(NC(N)=O)n1. The molecule has 7 heteroatoms. The number of nitrogens with zero attached hydrogens (tertiary/aromatic N) is 1. The predicted octanol–water partition coefficient (Wildman–Crippen LogP) is 0.349. The molecule has 1 aromatic rings. The summed E-state index contributed by atoms with van der Waals surface area (Å²) in [6, 6.07) is -0.677. The first-order chi connectivity index (χ1) is 6.61. The van der Waals surface area contributed by atoms with Crippen LogP contribution in [0, 0.1) is 0 Å². The molecule has 0 atom stereocenters. The second-order valence-electron chi connectivity index (χ2n) is 2.39. The number of primary amides is 1. The third-order valence-electron chi connectivity index (χ3n) is 1.34. The molecule has 0 aliphatic heterocycles. The molecular formula is C7H9N3O3S. The number of methoxy groups -OCH3 is 1. The van der Waals surface area contributed by atoms with Gasteiger partial charge in [-0.1, -0.05) is 0 Å². The summed E-state index contributed by atoms with van der Waals surface area (Å²) < 4.78 is 4.46. The number of rotatable bonds is 3. The lowest BCUT2D eigenvalue weighted by Crippen LogP contribution is -2.19. The van der Waals surface area contributed by atoms with Gasteiger partial charge in [-0.25, -0.2) is 9.78 Å². The van der Waals surface area contributed by atoms with E-state index in [-0.39, 0.29) is 12.4 Å². The molecular weight excluding hydrogens is 206 g/mol. The van der Waals surface area contributed by atoms with Crippen LogP contribution in [0.2, 0.25) is 0 Å². The molecule has 0 saturated heterocycles. The monoisotopic (exact) mass is 215 g/mol. The minimum absolute atomic E-state index is 0.0907. The molecule has 3 N–H and O–H groups in total. The van der Waals surface area contributed by atoms with Gasteiger partial charge in [-0.3, -0.25) is 10.1 Å². The van der Waals surface area contributed by atoms with Crippen LogP contribution in [0.3, 0.4) is 0 Å². The van der Waals surface area contributed by atoms with Gasteiger partial charge in [0.15, 0.2) is 5.13 Å². The Morgan fingerprint density at radius 3 is 3.00 bits per heavy atom. The van der Waals surface area contributed by atoms with Gasteiger partial charge < -0.3 is 10.5 Å². The highest BCUT2D eigenvalue weighted by Gasteiger charge is 2.07. The van der Waals surface area contributed by atoms with Crippen molar-refractivity contribution in [1.82, 2.24) is 4.98 Å². The van der Waals surface area contributed by atoms with Crippen LogP contribution in [0.4, 0.5) is 9.93 Å². The fourth-order valence-corrected chi connectivity index (χ4v) is 1.48. The molecule has 0 aromatic carbocycles. The summed E-state index contributed by atoms with van der Waals surface area (Å²) in [6.45, 7) is 0. The summed E-state index contributed by atoms with van der Waals surface area (Å²) in [7, 11) is 1.30. The van der Waals surface area contributed by atoms with E-state index < -0.39 is 6.03 Å². The highest BCUT2D eigenvalue weighted by Crippen LogP contribution is 2.15. The number of nitrogens with one attached hydrogen (secondary N) is 1. The number of carbonyl (C=O) groups excluding carboxylic acids is 2. The molecule has 76 valence electrons. The lowest BCUT2D eigenvalue weighted by atomic mass is 10.3. The Morgan fingerprint density at radius 1 is 1.71 bits per heavy atom. The molecule has 14 heavy (non-hydrogen) atoms. The summed E-state index contributed by atoms with van der Waals surface area (Å²) in [6.07, 6.45) is 0.0907. The highest BCUT2D eigenvalue weighted by molar-refractivity contribution is 7.13. The Bertz CT molecular complexity index is 350. The number of nitrogens with two attached hydrogens (primary N) is 1. The molecule has 0 bridgehead atoms. The zero-order chi connectivity index (χ0) is 10.6. The molecule has 1 aromatic heterocycles. The molecule has 1 heterocycles. The van der Waals surface area contributed by atoms with E-state index in [1.54, 1.807) is 5.38 Å². The third-order valence-corrected chi connectivity index (χ3v) is 2.14. The van der Waals surface area contributed by atoms with Crippen molar-refractivity contribution in [2.24, 2.45) is 5.73 Å². The van der Waals surface area contributed by atoms with Crippen LogP contribution in [0.5, 0.6) is 0 Å². The molecule has 0 saturated carbocycles. The van der Waals surface area contributed by atoms with Crippen molar-refractivity contribution in [2.75, 3.05) is 12.4 Å². The highest BCUT2D eigenvalue weighted by atomic mass is 32.1. The van der Waals surface area contributed by atoms with Crippen LogP contribution in [0.25, 0.3) is 0 Å². The molecule has 6 nitrogen and oxygen atoms in total. The second-order valence-corrected chi connectivity index (χ2v) is 3.24. The van der Waals surface area contributed by atoms with E-state index in [0.717, 1.165) is 0 Å². The largest absolute Gasteiger partial charge is 0.469 e. The Balaban J connectivity index is 2.59. The number of carbonyl (C=O) groups is 2. The lowest BCUT2D eigenvalue weighted by molar-refractivity contribution is -0.139. The van der Waals surface area contributed by atoms with Gasteiger partial charge in [0.05, 0.1) is 19.2 Å². The van der Waals surface area contributed by atoms with Crippen molar-refractivity contribution >= 4 is 28.5 Å². The first kappa shape index (κ1) is 10.5. The fourth-order valence-electron chi connectivity index (χ4n) is 0.771. The first-order valence-corrected chi connectivity index (χ1v) is 4.57. The Morgan fingerprint density at radius 2 is 2.43 bits per heavy atom. The topological polar surface area (TPSA) is 94.3 Å². The number of anilines is 1. The van der Waals surface area contributed by atoms with E-state index >= 15 is 0 Å². The number of ether oxygens (including phenoxy) is 1. The minimum Gasteiger partial charge on any atom is -0.469 e. The molecule has 0 aliphatic carbocycles. The number of aromatic nitrogens is 1. The standard InChI is InChI=1S/C7H9N3O3S/c1-13-5(11)2-4-3-14-7(9-4)10-6(8)12/h3H,2H2,1H3,(H3,8,9,10,12). The number of thiazole rings is 1. The Labute approximate surface area is 84.1 Å². The molecule has 0 aliphatic rings. The summed E-state index contributed by atoms with van der Waals surface area (Å²) >= 11 is 1.20. The van der Waals surface area contributed by atoms with Gasteiger partial charge in [0.25, 0.3) is 0 Å². The van der Waals surface area contributed by atoms with Crippen LogP contribution in [-0.4, -0.2) is 24.1 Å². The molecule has 0 unspecified atom stereocenters. The van der Waals surface area contributed by atoms with E-state index in [0.29, 0.717) is 10.8 Å². The van der Waals surface area contributed by atoms with Crippen LogP contribution >= 0.6 is 11.3 Å².